The van der Waals surface area contributed by atoms with Crippen LogP contribution in [-0.4, -0.2) is 25.2 Å². The van der Waals surface area contributed by atoms with Crippen LogP contribution in [0.4, 0.5) is 5.69 Å². The number of amides is 1. The number of fused-ring (bicyclic) bond motifs is 3. The lowest BCUT2D eigenvalue weighted by Gasteiger charge is -2.26. The van der Waals surface area contributed by atoms with Gasteiger partial charge in [-0.1, -0.05) is 6.42 Å². The van der Waals surface area contributed by atoms with Gasteiger partial charge >= 0.3 is 0 Å². The SMILES string of the molecule is Nc1ccc2c(c1)S(=O)(=O)N(CC1CC3CCC1C3)C2=O. The van der Waals surface area contributed by atoms with Crippen LogP contribution >= 0.6 is 0 Å². The number of sulfonamides is 1. The third-order valence-electron chi connectivity index (χ3n) is 5.32. The Morgan fingerprint density at radius 3 is 2.71 bits per heavy atom. The monoisotopic (exact) mass is 306 g/mol. The lowest BCUT2D eigenvalue weighted by molar-refractivity contribution is 0.0845. The van der Waals surface area contributed by atoms with Crippen molar-refractivity contribution in [2.75, 3.05) is 12.3 Å². The Balaban J connectivity index is 1.67. The summed E-state index contributed by atoms with van der Waals surface area (Å²) in [7, 11) is -3.72. The minimum Gasteiger partial charge on any atom is -0.399 e. The van der Waals surface area contributed by atoms with E-state index in [4.69, 9.17) is 5.73 Å². The van der Waals surface area contributed by atoms with Crippen molar-refractivity contribution in [2.45, 2.75) is 30.6 Å². The minimum atomic E-state index is -3.72. The summed E-state index contributed by atoms with van der Waals surface area (Å²) in [4.78, 5) is 12.5. The number of carbonyl (C=O) groups is 1. The average Bonchev–Trinajstić information content (AvgIpc) is 3.09. The molecular formula is C15H18N2O3S. The molecule has 0 radical (unpaired) electrons. The standard InChI is InChI=1S/C15H18N2O3S/c16-12-3-4-13-14(7-12)21(19,20)17(15(13)18)8-11-6-9-1-2-10(11)5-9/h3-4,7,9-11H,1-2,5-6,8,16H2. The van der Waals surface area contributed by atoms with Crippen LogP contribution in [0.5, 0.6) is 0 Å². The molecule has 1 heterocycles. The molecule has 6 heteroatoms. The Morgan fingerprint density at radius 2 is 2.05 bits per heavy atom. The Hall–Kier alpha value is -1.56. The molecule has 1 aliphatic heterocycles. The van der Waals surface area contributed by atoms with Crippen molar-refractivity contribution in [1.29, 1.82) is 0 Å². The maximum absolute atomic E-state index is 12.6. The highest BCUT2D eigenvalue weighted by atomic mass is 32.2. The van der Waals surface area contributed by atoms with Gasteiger partial charge in [-0.05, 0) is 55.2 Å². The predicted octanol–water partition coefficient (Wildman–Crippen LogP) is 1.85. The third kappa shape index (κ3) is 1.81. The number of hydrogen-bond donors (Lipinski definition) is 1. The molecule has 3 atom stereocenters. The summed E-state index contributed by atoms with van der Waals surface area (Å²) in [6.45, 7) is 0.330. The number of nitrogen functional groups attached to an aromatic ring is 1. The van der Waals surface area contributed by atoms with Gasteiger partial charge in [-0.2, -0.15) is 0 Å². The van der Waals surface area contributed by atoms with Gasteiger partial charge in [0.25, 0.3) is 15.9 Å². The highest BCUT2D eigenvalue weighted by Gasteiger charge is 2.46. The summed E-state index contributed by atoms with van der Waals surface area (Å²) >= 11 is 0. The molecule has 2 fully saturated rings. The summed E-state index contributed by atoms with van der Waals surface area (Å²) < 4.78 is 26.3. The maximum Gasteiger partial charge on any atom is 0.269 e. The molecule has 3 unspecified atom stereocenters. The average molecular weight is 306 g/mol. The lowest BCUT2D eigenvalue weighted by Crippen LogP contribution is -2.36. The molecule has 1 amide bonds. The predicted molar refractivity (Wildman–Crippen MR) is 78.0 cm³/mol. The topological polar surface area (TPSA) is 80.5 Å². The van der Waals surface area contributed by atoms with Gasteiger partial charge in [0.15, 0.2) is 0 Å². The van der Waals surface area contributed by atoms with Gasteiger partial charge in [-0.25, -0.2) is 12.7 Å². The molecule has 4 rings (SSSR count). The van der Waals surface area contributed by atoms with E-state index >= 15 is 0 Å². The molecule has 0 spiro atoms. The molecule has 1 aromatic rings. The van der Waals surface area contributed by atoms with E-state index in [9.17, 15) is 13.2 Å². The third-order valence-corrected chi connectivity index (χ3v) is 7.10. The Labute approximate surface area is 124 Å². The summed E-state index contributed by atoms with van der Waals surface area (Å²) in [5, 5.41) is 0. The second kappa shape index (κ2) is 4.22. The molecule has 2 aliphatic carbocycles. The van der Waals surface area contributed by atoms with Gasteiger partial charge in [-0.3, -0.25) is 4.79 Å². The van der Waals surface area contributed by atoms with Crippen LogP contribution in [0.1, 0.15) is 36.0 Å². The van der Waals surface area contributed by atoms with E-state index in [0.29, 0.717) is 24.1 Å². The van der Waals surface area contributed by atoms with E-state index in [2.05, 4.69) is 0 Å². The van der Waals surface area contributed by atoms with Crippen molar-refractivity contribution in [2.24, 2.45) is 17.8 Å². The maximum atomic E-state index is 12.6. The first kappa shape index (κ1) is 13.1. The number of carbonyl (C=O) groups excluding carboxylic acids is 1. The quantitative estimate of drug-likeness (QED) is 0.846. The molecule has 112 valence electrons. The first-order valence-electron chi connectivity index (χ1n) is 7.43. The fourth-order valence-electron chi connectivity index (χ4n) is 4.29. The highest BCUT2D eigenvalue weighted by molar-refractivity contribution is 7.90. The smallest absolute Gasteiger partial charge is 0.269 e. The number of anilines is 1. The minimum absolute atomic E-state index is 0.0654. The summed E-state index contributed by atoms with van der Waals surface area (Å²) in [5.41, 5.74) is 6.29. The van der Waals surface area contributed by atoms with Crippen LogP contribution in [-0.2, 0) is 10.0 Å². The van der Waals surface area contributed by atoms with E-state index in [-0.39, 0.29) is 10.5 Å². The van der Waals surface area contributed by atoms with Gasteiger partial charge in [0.2, 0.25) is 0 Å². The number of nitrogens with zero attached hydrogens (tertiary/aromatic N) is 1. The Morgan fingerprint density at radius 1 is 1.24 bits per heavy atom. The van der Waals surface area contributed by atoms with Crippen molar-refractivity contribution in [3.05, 3.63) is 23.8 Å². The van der Waals surface area contributed by atoms with Gasteiger partial charge in [-0.15, -0.1) is 0 Å². The Kier molecular flexibility index (Phi) is 2.64. The van der Waals surface area contributed by atoms with Gasteiger partial charge in [0.05, 0.1) is 5.56 Å². The molecule has 1 aromatic carbocycles. The van der Waals surface area contributed by atoms with Crippen molar-refractivity contribution in [3.8, 4) is 0 Å². The van der Waals surface area contributed by atoms with Gasteiger partial charge in [0, 0.05) is 12.2 Å². The van der Waals surface area contributed by atoms with E-state index in [0.717, 1.165) is 16.6 Å². The zero-order chi connectivity index (χ0) is 14.8. The van der Waals surface area contributed by atoms with E-state index in [1.54, 1.807) is 6.07 Å². The van der Waals surface area contributed by atoms with Crippen LogP contribution in [0, 0.1) is 17.8 Å². The lowest BCUT2D eigenvalue weighted by atomic mass is 9.89. The molecular weight excluding hydrogens is 288 g/mol. The second-order valence-electron chi connectivity index (χ2n) is 6.53. The molecule has 3 aliphatic rings. The number of benzene rings is 1. The zero-order valence-corrected chi connectivity index (χ0v) is 12.5. The molecule has 2 bridgehead atoms. The van der Waals surface area contributed by atoms with Crippen LogP contribution in [0.15, 0.2) is 23.1 Å². The zero-order valence-electron chi connectivity index (χ0n) is 11.7. The number of hydrogen-bond acceptors (Lipinski definition) is 4. The highest BCUT2D eigenvalue weighted by Crippen LogP contribution is 2.49. The van der Waals surface area contributed by atoms with Crippen molar-refractivity contribution >= 4 is 21.6 Å². The molecule has 0 saturated heterocycles. The first-order valence-corrected chi connectivity index (χ1v) is 8.87. The molecule has 2 saturated carbocycles. The van der Waals surface area contributed by atoms with E-state index < -0.39 is 15.9 Å². The Bertz CT molecular complexity index is 728. The van der Waals surface area contributed by atoms with Gasteiger partial charge < -0.3 is 5.73 Å². The second-order valence-corrected chi connectivity index (χ2v) is 8.36. The van der Waals surface area contributed by atoms with Crippen LogP contribution < -0.4 is 5.73 Å². The van der Waals surface area contributed by atoms with Crippen molar-refractivity contribution in [3.63, 3.8) is 0 Å². The molecule has 0 aromatic heterocycles. The van der Waals surface area contributed by atoms with Crippen LogP contribution in [0.2, 0.25) is 0 Å². The van der Waals surface area contributed by atoms with E-state index in [1.807, 2.05) is 0 Å². The molecule has 21 heavy (non-hydrogen) atoms. The number of rotatable bonds is 2. The van der Waals surface area contributed by atoms with Crippen molar-refractivity contribution < 1.29 is 13.2 Å². The van der Waals surface area contributed by atoms with E-state index in [1.165, 1.54) is 31.4 Å². The van der Waals surface area contributed by atoms with Crippen LogP contribution in [0.25, 0.3) is 0 Å². The van der Waals surface area contributed by atoms with Crippen LogP contribution in [0.3, 0.4) is 0 Å². The summed E-state index contributed by atoms with van der Waals surface area (Å²) in [6.07, 6.45) is 4.70. The number of nitrogens with two attached hydrogens (primary N) is 1. The first-order chi connectivity index (χ1) is 9.96. The summed E-state index contributed by atoms with van der Waals surface area (Å²) in [5.74, 6) is 1.26. The van der Waals surface area contributed by atoms with Crippen molar-refractivity contribution in [1.82, 2.24) is 4.31 Å². The fourth-order valence-corrected chi connectivity index (χ4v) is 5.95. The summed E-state index contributed by atoms with van der Waals surface area (Å²) in [6, 6.07) is 4.49. The fraction of sp³-hybridized carbons (Fsp3) is 0.533. The normalized spacial score (nSPS) is 32.7. The largest absolute Gasteiger partial charge is 0.399 e. The molecule has 5 nitrogen and oxygen atoms in total. The molecule has 2 N–H and O–H groups in total. The van der Waals surface area contributed by atoms with Gasteiger partial charge in [0.1, 0.15) is 4.90 Å².